The number of carbonyl (C=O) groups is 1. The zero-order chi connectivity index (χ0) is 10.6. The van der Waals surface area contributed by atoms with Gasteiger partial charge in [-0.1, -0.05) is 13.3 Å². The van der Waals surface area contributed by atoms with Crippen LogP contribution in [0.2, 0.25) is 0 Å². The Labute approximate surface area is 84.8 Å². The van der Waals surface area contributed by atoms with Gasteiger partial charge in [0.2, 0.25) is 0 Å². The Morgan fingerprint density at radius 2 is 2.07 bits per heavy atom. The average molecular weight is 201 g/mol. The Kier molecular flexibility index (Phi) is 3.89. The molecule has 1 amide bonds. The van der Waals surface area contributed by atoms with Crippen LogP contribution in [0.5, 0.6) is 0 Å². The first-order valence-corrected chi connectivity index (χ1v) is 5.17. The number of ether oxygens (including phenoxy) is 1. The molecule has 4 nitrogen and oxygen atoms in total. The van der Waals surface area contributed by atoms with E-state index in [-0.39, 0.29) is 5.91 Å². The number of rotatable bonds is 3. The summed E-state index contributed by atoms with van der Waals surface area (Å²) in [5.41, 5.74) is -1.20. The Balaban J connectivity index is 2.53. The second-order valence-corrected chi connectivity index (χ2v) is 3.93. The lowest BCUT2D eigenvalue weighted by molar-refractivity contribution is -0.154. The molecule has 0 aromatic heterocycles. The van der Waals surface area contributed by atoms with Crippen molar-refractivity contribution in [2.45, 2.75) is 32.3 Å². The number of morpholine rings is 1. The number of aliphatic hydroxyl groups is 1. The third-order valence-corrected chi connectivity index (χ3v) is 2.50. The van der Waals surface area contributed by atoms with Gasteiger partial charge >= 0.3 is 0 Å². The molecule has 4 heteroatoms. The van der Waals surface area contributed by atoms with Gasteiger partial charge in [0.15, 0.2) is 0 Å². The molecule has 0 bridgehead atoms. The minimum absolute atomic E-state index is 0.164. The first kappa shape index (κ1) is 11.5. The third-order valence-electron chi connectivity index (χ3n) is 2.50. The van der Waals surface area contributed by atoms with Gasteiger partial charge in [-0.15, -0.1) is 0 Å². The summed E-state index contributed by atoms with van der Waals surface area (Å²) in [4.78, 5) is 13.5. The van der Waals surface area contributed by atoms with Gasteiger partial charge in [-0.05, 0) is 13.3 Å². The van der Waals surface area contributed by atoms with E-state index in [0.29, 0.717) is 32.7 Å². The fourth-order valence-electron chi connectivity index (χ4n) is 1.70. The van der Waals surface area contributed by atoms with Crippen molar-refractivity contribution in [3.05, 3.63) is 0 Å². The Hall–Kier alpha value is -0.610. The summed E-state index contributed by atoms with van der Waals surface area (Å²) in [6, 6.07) is 0. The van der Waals surface area contributed by atoms with Crippen molar-refractivity contribution < 1.29 is 14.6 Å². The van der Waals surface area contributed by atoms with Crippen molar-refractivity contribution in [1.29, 1.82) is 0 Å². The molecule has 0 spiro atoms. The Morgan fingerprint density at radius 1 is 1.50 bits per heavy atom. The molecule has 14 heavy (non-hydrogen) atoms. The molecule has 1 N–H and O–H groups in total. The largest absolute Gasteiger partial charge is 0.380 e. The molecule has 0 radical (unpaired) electrons. The quantitative estimate of drug-likeness (QED) is 0.719. The summed E-state index contributed by atoms with van der Waals surface area (Å²) in [7, 11) is 0. The van der Waals surface area contributed by atoms with Crippen molar-refractivity contribution in [1.82, 2.24) is 4.90 Å². The maximum atomic E-state index is 11.8. The molecule has 1 aliphatic rings. The van der Waals surface area contributed by atoms with Gasteiger partial charge in [0.1, 0.15) is 5.60 Å². The van der Waals surface area contributed by atoms with Crippen LogP contribution in [0.1, 0.15) is 26.7 Å². The maximum Gasteiger partial charge on any atom is 0.254 e. The van der Waals surface area contributed by atoms with Crippen LogP contribution in [-0.2, 0) is 9.53 Å². The standard InChI is InChI=1S/C10H19NO3/c1-3-4-10(2,13)9(12)11-5-7-14-8-6-11/h13H,3-8H2,1-2H3. The van der Waals surface area contributed by atoms with Gasteiger partial charge in [-0.3, -0.25) is 4.79 Å². The molecule has 0 aromatic carbocycles. The lowest BCUT2D eigenvalue weighted by Crippen LogP contribution is -2.51. The van der Waals surface area contributed by atoms with Crippen molar-refractivity contribution in [3.8, 4) is 0 Å². The summed E-state index contributed by atoms with van der Waals surface area (Å²) in [6.45, 7) is 5.90. The van der Waals surface area contributed by atoms with Crippen molar-refractivity contribution in [2.75, 3.05) is 26.3 Å². The zero-order valence-electron chi connectivity index (χ0n) is 8.95. The highest BCUT2D eigenvalue weighted by Gasteiger charge is 2.33. The summed E-state index contributed by atoms with van der Waals surface area (Å²) in [5.74, 6) is -0.164. The fraction of sp³-hybridized carbons (Fsp3) is 0.900. The zero-order valence-corrected chi connectivity index (χ0v) is 8.95. The number of hydrogen-bond acceptors (Lipinski definition) is 3. The van der Waals surface area contributed by atoms with E-state index in [2.05, 4.69) is 0 Å². The first-order valence-electron chi connectivity index (χ1n) is 5.17. The molecular weight excluding hydrogens is 182 g/mol. The maximum absolute atomic E-state index is 11.8. The number of nitrogens with zero attached hydrogens (tertiary/aromatic N) is 1. The molecule has 1 rings (SSSR count). The summed E-state index contributed by atoms with van der Waals surface area (Å²) >= 11 is 0. The predicted octanol–water partition coefficient (Wildman–Crippen LogP) is 0.396. The molecule has 0 aliphatic carbocycles. The highest BCUT2D eigenvalue weighted by Crippen LogP contribution is 2.16. The predicted molar refractivity (Wildman–Crippen MR) is 52.9 cm³/mol. The topological polar surface area (TPSA) is 49.8 Å². The van der Waals surface area contributed by atoms with Crippen molar-refractivity contribution in [3.63, 3.8) is 0 Å². The Bertz CT molecular complexity index is 198. The van der Waals surface area contributed by atoms with Gasteiger partial charge in [-0.2, -0.15) is 0 Å². The molecule has 1 atom stereocenters. The molecule has 82 valence electrons. The van der Waals surface area contributed by atoms with Gasteiger partial charge in [0.25, 0.3) is 5.91 Å². The van der Waals surface area contributed by atoms with Crippen LogP contribution in [0.4, 0.5) is 0 Å². The van der Waals surface area contributed by atoms with E-state index in [9.17, 15) is 9.90 Å². The smallest absolute Gasteiger partial charge is 0.254 e. The lowest BCUT2D eigenvalue weighted by atomic mass is 9.99. The number of amides is 1. The van der Waals surface area contributed by atoms with Crippen LogP contribution < -0.4 is 0 Å². The van der Waals surface area contributed by atoms with E-state index in [4.69, 9.17) is 4.74 Å². The highest BCUT2D eigenvalue weighted by molar-refractivity contribution is 5.84. The van der Waals surface area contributed by atoms with Crippen LogP contribution in [0.15, 0.2) is 0 Å². The minimum atomic E-state index is -1.20. The van der Waals surface area contributed by atoms with Gasteiger partial charge in [0.05, 0.1) is 13.2 Å². The molecule has 0 saturated carbocycles. The van der Waals surface area contributed by atoms with E-state index < -0.39 is 5.60 Å². The molecule has 1 saturated heterocycles. The van der Waals surface area contributed by atoms with Crippen LogP contribution in [0.25, 0.3) is 0 Å². The minimum Gasteiger partial charge on any atom is -0.380 e. The van der Waals surface area contributed by atoms with Gasteiger partial charge in [0, 0.05) is 13.1 Å². The second-order valence-electron chi connectivity index (χ2n) is 3.93. The molecular formula is C10H19NO3. The van der Waals surface area contributed by atoms with E-state index in [1.165, 1.54) is 0 Å². The van der Waals surface area contributed by atoms with Crippen LogP contribution in [0, 0.1) is 0 Å². The summed E-state index contributed by atoms with van der Waals surface area (Å²) in [6.07, 6.45) is 1.33. The van der Waals surface area contributed by atoms with Crippen molar-refractivity contribution >= 4 is 5.91 Å². The fourth-order valence-corrected chi connectivity index (χ4v) is 1.70. The average Bonchev–Trinajstić information content (AvgIpc) is 2.18. The SMILES string of the molecule is CCCC(C)(O)C(=O)N1CCOCC1. The highest BCUT2D eigenvalue weighted by atomic mass is 16.5. The number of hydrogen-bond donors (Lipinski definition) is 1. The molecule has 0 aromatic rings. The van der Waals surface area contributed by atoms with Crippen LogP contribution >= 0.6 is 0 Å². The normalized spacial score (nSPS) is 21.8. The monoisotopic (exact) mass is 201 g/mol. The van der Waals surface area contributed by atoms with Gasteiger partial charge < -0.3 is 14.7 Å². The molecule has 1 heterocycles. The van der Waals surface area contributed by atoms with Crippen LogP contribution in [0.3, 0.4) is 0 Å². The van der Waals surface area contributed by atoms with Crippen LogP contribution in [-0.4, -0.2) is 47.8 Å². The van der Waals surface area contributed by atoms with E-state index >= 15 is 0 Å². The molecule has 1 unspecified atom stereocenters. The summed E-state index contributed by atoms with van der Waals surface area (Å²) < 4.78 is 5.15. The first-order chi connectivity index (χ1) is 6.58. The lowest BCUT2D eigenvalue weighted by Gasteiger charge is -2.33. The number of carbonyl (C=O) groups excluding carboxylic acids is 1. The van der Waals surface area contributed by atoms with E-state index in [1.54, 1.807) is 11.8 Å². The molecule has 1 fully saturated rings. The summed E-state index contributed by atoms with van der Waals surface area (Å²) in [5, 5.41) is 9.90. The molecule has 1 aliphatic heterocycles. The third kappa shape index (κ3) is 2.69. The Morgan fingerprint density at radius 3 is 2.57 bits per heavy atom. The second kappa shape index (κ2) is 4.75. The van der Waals surface area contributed by atoms with E-state index in [0.717, 1.165) is 6.42 Å². The van der Waals surface area contributed by atoms with E-state index in [1.807, 2.05) is 6.92 Å². The van der Waals surface area contributed by atoms with Gasteiger partial charge in [-0.25, -0.2) is 0 Å². The van der Waals surface area contributed by atoms with Crippen molar-refractivity contribution in [2.24, 2.45) is 0 Å².